The largest absolute Gasteiger partial charge is 0.387 e. The lowest BCUT2D eigenvalue weighted by Gasteiger charge is -2.24. The van der Waals surface area contributed by atoms with Crippen molar-refractivity contribution in [3.8, 4) is 0 Å². The van der Waals surface area contributed by atoms with Gasteiger partial charge in [0.05, 0.1) is 6.10 Å². The molecule has 114 valence electrons. The number of aliphatic hydroxyl groups excluding tert-OH is 1. The first-order valence-corrected chi connectivity index (χ1v) is 6.96. The van der Waals surface area contributed by atoms with Crippen LogP contribution in [0.1, 0.15) is 31.4 Å². The molecule has 0 saturated heterocycles. The molecule has 2 unspecified atom stereocenters. The van der Waals surface area contributed by atoms with Crippen LogP contribution in [0, 0.1) is 11.6 Å². The molecule has 0 amide bonds. The molecule has 0 heterocycles. The summed E-state index contributed by atoms with van der Waals surface area (Å²) in [6, 6.07) is 2.88. The summed E-state index contributed by atoms with van der Waals surface area (Å²) in [4.78, 5) is 2.07. The van der Waals surface area contributed by atoms with Crippen molar-refractivity contribution >= 4 is 0 Å². The molecule has 20 heavy (non-hydrogen) atoms. The molecule has 0 radical (unpaired) electrons. The maximum atomic E-state index is 13.6. The Bertz CT molecular complexity index is 413. The van der Waals surface area contributed by atoms with E-state index in [9.17, 15) is 13.9 Å². The Morgan fingerprint density at radius 2 is 2.00 bits per heavy atom. The minimum absolute atomic E-state index is 0.0111. The standard InChI is InChI=1S/C15H24F2N2O/c1-4-14(18-8-5-9-19(2)3)15(20)12-10-11(16)6-7-13(12)17/h6-7,10,14-15,18,20H,4-5,8-9H2,1-3H3. The van der Waals surface area contributed by atoms with Crippen molar-refractivity contribution in [2.24, 2.45) is 0 Å². The highest BCUT2D eigenvalue weighted by Gasteiger charge is 2.22. The van der Waals surface area contributed by atoms with Crippen LogP contribution in [-0.2, 0) is 0 Å². The SMILES string of the molecule is CCC(NCCCN(C)C)C(O)c1cc(F)ccc1F. The molecule has 0 spiro atoms. The van der Waals surface area contributed by atoms with Gasteiger partial charge in [-0.2, -0.15) is 0 Å². The van der Waals surface area contributed by atoms with E-state index in [0.29, 0.717) is 6.42 Å². The second kappa shape index (κ2) is 8.29. The molecule has 0 aliphatic rings. The molecule has 0 saturated carbocycles. The Kier molecular flexibility index (Phi) is 7.05. The normalized spacial score (nSPS) is 14.6. The van der Waals surface area contributed by atoms with Crippen LogP contribution in [0.5, 0.6) is 0 Å². The van der Waals surface area contributed by atoms with Crippen molar-refractivity contribution in [2.45, 2.75) is 31.9 Å². The lowest BCUT2D eigenvalue weighted by atomic mass is 9.99. The maximum Gasteiger partial charge on any atom is 0.129 e. The molecule has 0 fully saturated rings. The smallest absolute Gasteiger partial charge is 0.129 e. The Morgan fingerprint density at radius 1 is 1.30 bits per heavy atom. The molecule has 1 aromatic rings. The molecule has 0 aliphatic carbocycles. The minimum atomic E-state index is -1.05. The third kappa shape index (κ3) is 5.15. The van der Waals surface area contributed by atoms with Gasteiger partial charge >= 0.3 is 0 Å². The maximum absolute atomic E-state index is 13.6. The number of aliphatic hydroxyl groups is 1. The topological polar surface area (TPSA) is 35.5 Å². The summed E-state index contributed by atoms with van der Waals surface area (Å²) in [5, 5.41) is 13.4. The van der Waals surface area contributed by atoms with Crippen LogP contribution in [0.25, 0.3) is 0 Å². The van der Waals surface area contributed by atoms with Crippen molar-refractivity contribution in [1.82, 2.24) is 10.2 Å². The highest BCUT2D eigenvalue weighted by molar-refractivity contribution is 5.22. The van der Waals surface area contributed by atoms with Crippen LogP contribution in [0.3, 0.4) is 0 Å². The van der Waals surface area contributed by atoms with E-state index >= 15 is 0 Å². The Balaban J connectivity index is 2.62. The monoisotopic (exact) mass is 286 g/mol. The third-order valence-corrected chi connectivity index (χ3v) is 3.29. The van der Waals surface area contributed by atoms with Gasteiger partial charge in [-0.15, -0.1) is 0 Å². The molecule has 0 bridgehead atoms. The highest BCUT2D eigenvalue weighted by Crippen LogP contribution is 2.22. The van der Waals surface area contributed by atoms with E-state index in [-0.39, 0.29) is 11.6 Å². The van der Waals surface area contributed by atoms with Crippen LogP contribution in [0.15, 0.2) is 18.2 Å². The first-order chi connectivity index (χ1) is 9.45. The van der Waals surface area contributed by atoms with Gasteiger partial charge in [-0.05, 0) is 58.2 Å². The Morgan fingerprint density at radius 3 is 2.60 bits per heavy atom. The van der Waals surface area contributed by atoms with E-state index < -0.39 is 17.7 Å². The van der Waals surface area contributed by atoms with Gasteiger partial charge in [0.15, 0.2) is 0 Å². The molecule has 1 aromatic carbocycles. The van der Waals surface area contributed by atoms with Crippen LogP contribution in [-0.4, -0.2) is 43.2 Å². The van der Waals surface area contributed by atoms with Gasteiger partial charge in [0, 0.05) is 11.6 Å². The average molecular weight is 286 g/mol. The lowest BCUT2D eigenvalue weighted by Crippen LogP contribution is -2.36. The number of nitrogens with zero attached hydrogens (tertiary/aromatic N) is 1. The number of halogens is 2. The summed E-state index contributed by atoms with van der Waals surface area (Å²) in [5.74, 6) is -1.12. The molecule has 5 heteroatoms. The van der Waals surface area contributed by atoms with Crippen molar-refractivity contribution in [1.29, 1.82) is 0 Å². The molecule has 1 rings (SSSR count). The zero-order chi connectivity index (χ0) is 15.1. The summed E-state index contributed by atoms with van der Waals surface area (Å²) in [5.41, 5.74) is 0.0111. The van der Waals surface area contributed by atoms with Gasteiger partial charge in [0.1, 0.15) is 11.6 Å². The third-order valence-electron chi connectivity index (χ3n) is 3.29. The number of benzene rings is 1. The van der Waals surface area contributed by atoms with Crippen molar-refractivity contribution in [3.05, 3.63) is 35.4 Å². The van der Waals surface area contributed by atoms with Crippen molar-refractivity contribution < 1.29 is 13.9 Å². The summed E-state index contributed by atoms with van der Waals surface area (Å²) in [6.45, 7) is 3.57. The predicted molar refractivity (Wildman–Crippen MR) is 76.6 cm³/mol. The molecule has 0 aliphatic heterocycles. The van der Waals surface area contributed by atoms with Crippen LogP contribution in [0.4, 0.5) is 8.78 Å². The van der Waals surface area contributed by atoms with Crippen molar-refractivity contribution in [2.75, 3.05) is 27.2 Å². The van der Waals surface area contributed by atoms with Gasteiger partial charge in [-0.1, -0.05) is 6.92 Å². The molecule has 2 N–H and O–H groups in total. The number of nitrogens with one attached hydrogen (secondary N) is 1. The van der Waals surface area contributed by atoms with E-state index in [1.807, 2.05) is 21.0 Å². The minimum Gasteiger partial charge on any atom is -0.387 e. The van der Waals surface area contributed by atoms with E-state index in [0.717, 1.165) is 37.7 Å². The highest BCUT2D eigenvalue weighted by atomic mass is 19.1. The Hall–Kier alpha value is -1.04. The fraction of sp³-hybridized carbons (Fsp3) is 0.600. The molecular weight excluding hydrogens is 262 g/mol. The van der Waals surface area contributed by atoms with Crippen molar-refractivity contribution in [3.63, 3.8) is 0 Å². The zero-order valence-corrected chi connectivity index (χ0v) is 12.4. The summed E-state index contributed by atoms with van der Waals surface area (Å²) in [7, 11) is 3.99. The molecule has 3 nitrogen and oxygen atoms in total. The zero-order valence-electron chi connectivity index (χ0n) is 12.4. The summed E-state index contributed by atoms with van der Waals surface area (Å²) in [6.07, 6.45) is 0.524. The molecule has 0 aromatic heterocycles. The lowest BCUT2D eigenvalue weighted by molar-refractivity contribution is 0.121. The second-order valence-corrected chi connectivity index (χ2v) is 5.24. The quantitative estimate of drug-likeness (QED) is 0.720. The fourth-order valence-electron chi connectivity index (χ4n) is 2.12. The van der Waals surface area contributed by atoms with Gasteiger partial charge in [0.2, 0.25) is 0 Å². The van der Waals surface area contributed by atoms with E-state index in [1.165, 1.54) is 0 Å². The van der Waals surface area contributed by atoms with Gasteiger partial charge < -0.3 is 15.3 Å². The van der Waals surface area contributed by atoms with Gasteiger partial charge in [-0.3, -0.25) is 0 Å². The van der Waals surface area contributed by atoms with E-state index in [1.54, 1.807) is 0 Å². The summed E-state index contributed by atoms with van der Waals surface area (Å²) >= 11 is 0. The predicted octanol–water partition coefficient (Wildman–Crippen LogP) is 2.32. The Labute approximate surface area is 119 Å². The average Bonchev–Trinajstić information content (AvgIpc) is 2.40. The molecule has 2 atom stereocenters. The van der Waals surface area contributed by atoms with Crippen LogP contribution < -0.4 is 5.32 Å². The van der Waals surface area contributed by atoms with E-state index in [2.05, 4.69) is 10.2 Å². The van der Waals surface area contributed by atoms with Gasteiger partial charge in [-0.25, -0.2) is 8.78 Å². The van der Waals surface area contributed by atoms with Crippen LogP contribution >= 0.6 is 0 Å². The number of hydrogen-bond acceptors (Lipinski definition) is 3. The first kappa shape index (κ1) is 17.0. The number of rotatable bonds is 8. The second-order valence-electron chi connectivity index (χ2n) is 5.24. The number of hydrogen-bond donors (Lipinski definition) is 2. The van der Waals surface area contributed by atoms with E-state index in [4.69, 9.17) is 0 Å². The van der Waals surface area contributed by atoms with Gasteiger partial charge in [0.25, 0.3) is 0 Å². The fourth-order valence-corrected chi connectivity index (χ4v) is 2.12. The summed E-state index contributed by atoms with van der Waals surface area (Å²) < 4.78 is 26.8. The first-order valence-electron chi connectivity index (χ1n) is 6.96. The van der Waals surface area contributed by atoms with Crippen LogP contribution in [0.2, 0.25) is 0 Å². The molecular formula is C15H24F2N2O.